The number of benzene rings is 2. The monoisotopic (exact) mass is 382 g/mol. The molecule has 3 aromatic rings. The Kier molecular flexibility index (Phi) is 5.66. The molecular weight excluding hydrogens is 360 g/mol. The predicted molar refractivity (Wildman–Crippen MR) is 107 cm³/mol. The third-order valence-electron chi connectivity index (χ3n) is 5.21. The maximum absolute atomic E-state index is 13.1. The average Bonchev–Trinajstić information content (AvgIpc) is 3.27. The lowest BCUT2D eigenvalue weighted by atomic mass is 9.72. The van der Waals surface area contributed by atoms with Crippen LogP contribution in [0.1, 0.15) is 30.3 Å². The van der Waals surface area contributed by atoms with Gasteiger partial charge in [-0.05, 0) is 11.1 Å². The molecule has 0 amide bonds. The largest absolute Gasteiger partial charge is 0.459 e. The number of carbonyl (C=O) groups excluding carboxylic acids is 1. The number of cyclic esters (lactones) is 1. The first kappa shape index (κ1) is 19.2. The number of hydrogen-bond acceptors (Lipinski definition) is 3. The van der Waals surface area contributed by atoms with Crippen LogP contribution in [0.5, 0.6) is 0 Å². The van der Waals surface area contributed by atoms with Gasteiger partial charge in [0.15, 0.2) is 0 Å². The minimum atomic E-state index is -0.750. The number of carbonyl (C=O) groups is 1. The average molecular weight is 383 g/mol. The van der Waals surface area contributed by atoms with Crippen LogP contribution in [0.25, 0.3) is 0 Å². The second-order valence-electron chi connectivity index (χ2n) is 6.72. The summed E-state index contributed by atoms with van der Waals surface area (Å²) in [5, 5.41) is 0. The highest BCUT2D eigenvalue weighted by atomic mass is 35.5. The Labute approximate surface area is 165 Å². The van der Waals surface area contributed by atoms with E-state index in [9.17, 15) is 4.79 Å². The van der Waals surface area contributed by atoms with Gasteiger partial charge in [0.05, 0.1) is 6.54 Å². The van der Waals surface area contributed by atoms with Crippen molar-refractivity contribution in [2.75, 3.05) is 0 Å². The van der Waals surface area contributed by atoms with Gasteiger partial charge >= 0.3 is 5.97 Å². The molecule has 0 radical (unpaired) electrons. The fourth-order valence-corrected chi connectivity index (χ4v) is 3.94. The Morgan fingerprint density at radius 3 is 2.22 bits per heavy atom. The molecule has 1 saturated heterocycles. The highest BCUT2D eigenvalue weighted by Gasteiger charge is 2.51. The van der Waals surface area contributed by atoms with Crippen molar-refractivity contribution < 1.29 is 9.53 Å². The zero-order chi connectivity index (χ0) is 18.0. The van der Waals surface area contributed by atoms with Crippen LogP contribution in [-0.2, 0) is 27.9 Å². The third kappa shape index (κ3) is 3.37. The van der Waals surface area contributed by atoms with E-state index in [1.165, 1.54) is 0 Å². The Bertz CT molecular complexity index is 853. The van der Waals surface area contributed by atoms with Gasteiger partial charge in [-0.2, -0.15) is 0 Å². The maximum Gasteiger partial charge on any atom is 0.321 e. The Morgan fingerprint density at radius 1 is 1.07 bits per heavy atom. The van der Waals surface area contributed by atoms with Crippen LogP contribution in [0.15, 0.2) is 73.1 Å². The van der Waals surface area contributed by atoms with Crippen LogP contribution in [-0.4, -0.2) is 21.6 Å². The van der Waals surface area contributed by atoms with Crippen molar-refractivity contribution >= 4 is 18.4 Å². The standard InChI is InChI=1S/C22H22N2O2.ClH/c1-2-20-23-13-14-24(20)16-19-15-22(21(25)26-19,17-9-5-3-6-10-17)18-11-7-4-8-12-18;/h3-14,19H,2,15-16H2,1H3;1H/t19-;/m0./s1. The lowest BCUT2D eigenvalue weighted by Gasteiger charge is -2.26. The summed E-state index contributed by atoms with van der Waals surface area (Å²) in [7, 11) is 0. The fraction of sp³-hybridized carbons (Fsp3) is 0.273. The van der Waals surface area contributed by atoms with Gasteiger partial charge in [0.2, 0.25) is 0 Å². The number of aromatic nitrogens is 2. The molecule has 1 aromatic heterocycles. The molecule has 0 spiro atoms. The van der Waals surface area contributed by atoms with Gasteiger partial charge in [0.25, 0.3) is 0 Å². The van der Waals surface area contributed by atoms with E-state index in [0.717, 1.165) is 23.4 Å². The molecule has 0 aliphatic carbocycles. The lowest BCUT2D eigenvalue weighted by molar-refractivity contribution is -0.145. The third-order valence-corrected chi connectivity index (χ3v) is 5.21. The van der Waals surface area contributed by atoms with Crippen LogP contribution in [0.4, 0.5) is 0 Å². The molecule has 2 heterocycles. The van der Waals surface area contributed by atoms with E-state index in [-0.39, 0.29) is 24.5 Å². The Morgan fingerprint density at radius 2 is 1.67 bits per heavy atom. The van der Waals surface area contributed by atoms with Crippen molar-refractivity contribution in [1.82, 2.24) is 9.55 Å². The first-order valence-corrected chi connectivity index (χ1v) is 9.06. The minimum Gasteiger partial charge on any atom is -0.459 e. The van der Waals surface area contributed by atoms with Gasteiger partial charge in [-0.15, -0.1) is 12.4 Å². The summed E-state index contributed by atoms with van der Waals surface area (Å²) in [5.41, 5.74) is 1.22. The van der Waals surface area contributed by atoms with Gasteiger partial charge in [0, 0.05) is 25.2 Å². The van der Waals surface area contributed by atoms with Gasteiger partial charge in [-0.3, -0.25) is 4.79 Å². The molecule has 0 saturated carbocycles. The summed E-state index contributed by atoms with van der Waals surface area (Å²) in [6.07, 6.45) is 5.06. The van der Waals surface area contributed by atoms with E-state index in [1.807, 2.05) is 66.9 Å². The van der Waals surface area contributed by atoms with Gasteiger partial charge in [-0.1, -0.05) is 67.6 Å². The SMILES string of the molecule is CCc1nccn1C[C@@H]1CC(c2ccccc2)(c2ccccc2)C(=O)O1.Cl. The molecule has 0 N–H and O–H groups in total. The Hall–Kier alpha value is -2.59. The van der Waals surface area contributed by atoms with E-state index in [2.05, 4.69) is 16.5 Å². The number of nitrogens with zero attached hydrogens (tertiary/aromatic N) is 2. The van der Waals surface area contributed by atoms with Gasteiger partial charge in [0.1, 0.15) is 17.3 Å². The van der Waals surface area contributed by atoms with Crippen molar-refractivity contribution in [3.05, 3.63) is 90.0 Å². The molecule has 1 aliphatic rings. The smallest absolute Gasteiger partial charge is 0.321 e. The number of halogens is 1. The molecule has 1 fully saturated rings. The molecule has 1 aliphatic heterocycles. The van der Waals surface area contributed by atoms with Crippen LogP contribution in [0, 0.1) is 0 Å². The Balaban J connectivity index is 0.00000210. The first-order valence-electron chi connectivity index (χ1n) is 9.06. The van der Waals surface area contributed by atoms with E-state index in [0.29, 0.717) is 13.0 Å². The van der Waals surface area contributed by atoms with Crippen LogP contribution < -0.4 is 0 Å². The lowest BCUT2D eigenvalue weighted by Crippen LogP contribution is -2.33. The normalized spacial score (nSPS) is 18.0. The fourth-order valence-electron chi connectivity index (χ4n) is 3.94. The van der Waals surface area contributed by atoms with E-state index in [4.69, 9.17) is 4.74 Å². The summed E-state index contributed by atoms with van der Waals surface area (Å²) >= 11 is 0. The number of esters is 1. The second kappa shape index (κ2) is 7.97. The number of aryl methyl sites for hydroxylation is 1. The zero-order valence-corrected chi connectivity index (χ0v) is 16.1. The molecule has 1 atom stereocenters. The zero-order valence-electron chi connectivity index (χ0n) is 15.2. The second-order valence-corrected chi connectivity index (χ2v) is 6.72. The molecule has 5 heteroatoms. The van der Waals surface area contributed by atoms with Gasteiger partial charge in [-0.25, -0.2) is 4.98 Å². The van der Waals surface area contributed by atoms with Crippen molar-refractivity contribution in [1.29, 1.82) is 0 Å². The van der Waals surface area contributed by atoms with Crippen molar-refractivity contribution in [2.24, 2.45) is 0 Å². The molecule has 4 nitrogen and oxygen atoms in total. The predicted octanol–water partition coefficient (Wildman–Crippen LogP) is 4.17. The van der Waals surface area contributed by atoms with Crippen LogP contribution in [0.2, 0.25) is 0 Å². The molecule has 0 unspecified atom stereocenters. The topological polar surface area (TPSA) is 44.1 Å². The maximum atomic E-state index is 13.1. The molecular formula is C22H23ClN2O2. The van der Waals surface area contributed by atoms with Gasteiger partial charge < -0.3 is 9.30 Å². The quantitative estimate of drug-likeness (QED) is 0.622. The van der Waals surface area contributed by atoms with Crippen molar-refractivity contribution in [3.8, 4) is 0 Å². The number of ether oxygens (including phenoxy) is 1. The summed E-state index contributed by atoms with van der Waals surface area (Å²) in [4.78, 5) is 17.5. The minimum absolute atomic E-state index is 0. The van der Waals surface area contributed by atoms with Crippen LogP contribution >= 0.6 is 12.4 Å². The summed E-state index contributed by atoms with van der Waals surface area (Å²) in [6, 6.07) is 19.9. The number of rotatable bonds is 5. The van der Waals surface area contributed by atoms with E-state index in [1.54, 1.807) is 6.20 Å². The van der Waals surface area contributed by atoms with E-state index >= 15 is 0 Å². The highest BCUT2D eigenvalue weighted by molar-refractivity contribution is 5.89. The summed E-state index contributed by atoms with van der Waals surface area (Å²) in [6.45, 7) is 2.72. The molecule has 4 rings (SSSR count). The summed E-state index contributed by atoms with van der Waals surface area (Å²) in [5.74, 6) is 0.844. The van der Waals surface area contributed by atoms with Crippen molar-refractivity contribution in [3.63, 3.8) is 0 Å². The number of hydrogen-bond donors (Lipinski definition) is 0. The van der Waals surface area contributed by atoms with Crippen molar-refractivity contribution in [2.45, 2.75) is 37.8 Å². The number of imidazole rings is 1. The first-order chi connectivity index (χ1) is 12.7. The summed E-state index contributed by atoms with van der Waals surface area (Å²) < 4.78 is 7.96. The molecule has 27 heavy (non-hydrogen) atoms. The molecule has 2 aromatic carbocycles. The molecule has 140 valence electrons. The van der Waals surface area contributed by atoms with E-state index < -0.39 is 5.41 Å². The van der Waals surface area contributed by atoms with Crippen LogP contribution in [0.3, 0.4) is 0 Å². The highest BCUT2D eigenvalue weighted by Crippen LogP contribution is 2.43. The molecule has 0 bridgehead atoms.